The molecule has 0 spiro atoms. The minimum absolute atomic E-state index is 0.174. The van der Waals surface area contributed by atoms with Gasteiger partial charge < -0.3 is 40.3 Å². The fourth-order valence-corrected chi connectivity index (χ4v) is 9.83. The molecule has 1 aliphatic rings. The van der Waals surface area contributed by atoms with Gasteiger partial charge in [-0.15, -0.1) is 0 Å². The number of amides is 1. The molecule has 0 aromatic heterocycles. The molecule has 1 rings (SSSR count). The van der Waals surface area contributed by atoms with Crippen LogP contribution in [0.25, 0.3) is 0 Å². The second-order valence-electron chi connectivity index (χ2n) is 21.8. The molecule has 0 bridgehead atoms. The number of ether oxygens (including phenoxy) is 2. The molecule has 436 valence electrons. The lowest BCUT2D eigenvalue weighted by atomic mass is 9.99. The second kappa shape index (κ2) is 55.0. The molecule has 7 unspecified atom stereocenters. The molecular formula is C66H119NO8. The molecule has 0 aromatic carbocycles. The predicted octanol–water partition coefficient (Wildman–Crippen LogP) is 16.4. The third-order valence-electron chi connectivity index (χ3n) is 14.8. The molecule has 6 N–H and O–H groups in total. The molecule has 75 heavy (non-hydrogen) atoms. The van der Waals surface area contributed by atoms with Crippen LogP contribution in [0, 0.1) is 0 Å². The fourth-order valence-electron chi connectivity index (χ4n) is 9.83. The highest BCUT2D eigenvalue weighted by molar-refractivity contribution is 5.76. The van der Waals surface area contributed by atoms with Crippen molar-refractivity contribution in [2.45, 2.75) is 326 Å². The van der Waals surface area contributed by atoms with Gasteiger partial charge in [-0.1, -0.05) is 286 Å². The van der Waals surface area contributed by atoms with Gasteiger partial charge in [0.15, 0.2) is 6.29 Å². The molecule has 1 saturated heterocycles. The summed E-state index contributed by atoms with van der Waals surface area (Å²) in [6.45, 7) is 3.68. The van der Waals surface area contributed by atoms with Crippen LogP contribution >= 0.6 is 0 Å². The van der Waals surface area contributed by atoms with E-state index in [1.807, 2.05) is 6.08 Å². The van der Waals surface area contributed by atoms with Gasteiger partial charge in [-0.25, -0.2) is 0 Å². The van der Waals surface area contributed by atoms with E-state index < -0.39 is 49.5 Å². The topological polar surface area (TPSA) is 149 Å². The Bertz CT molecular complexity index is 1410. The van der Waals surface area contributed by atoms with Crippen LogP contribution in [0.1, 0.15) is 284 Å². The molecule has 1 fully saturated rings. The molecule has 9 nitrogen and oxygen atoms in total. The Morgan fingerprint density at radius 3 is 1.23 bits per heavy atom. The number of aliphatic hydroxyl groups is 5. The van der Waals surface area contributed by atoms with E-state index in [0.29, 0.717) is 6.42 Å². The molecule has 0 saturated carbocycles. The minimum Gasteiger partial charge on any atom is -0.394 e. The van der Waals surface area contributed by atoms with Crippen molar-refractivity contribution in [3.63, 3.8) is 0 Å². The maximum atomic E-state index is 13.1. The van der Waals surface area contributed by atoms with Crippen molar-refractivity contribution in [3.8, 4) is 0 Å². The van der Waals surface area contributed by atoms with Crippen molar-refractivity contribution in [2.75, 3.05) is 13.2 Å². The third-order valence-corrected chi connectivity index (χ3v) is 14.8. The van der Waals surface area contributed by atoms with Crippen LogP contribution in [0.3, 0.4) is 0 Å². The van der Waals surface area contributed by atoms with E-state index in [1.165, 1.54) is 193 Å². The first-order valence-corrected chi connectivity index (χ1v) is 31.7. The smallest absolute Gasteiger partial charge is 0.220 e. The van der Waals surface area contributed by atoms with Crippen LogP contribution < -0.4 is 5.32 Å². The quantitative estimate of drug-likeness (QED) is 0.0261. The molecular weight excluding hydrogens is 935 g/mol. The van der Waals surface area contributed by atoms with Crippen molar-refractivity contribution in [3.05, 3.63) is 72.9 Å². The Kier molecular flexibility index (Phi) is 51.8. The zero-order chi connectivity index (χ0) is 54.3. The summed E-state index contributed by atoms with van der Waals surface area (Å²) in [5, 5.41) is 54.5. The third kappa shape index (κ3) is 44.2. The lowest BCUT2D eigenvalue weighted by Gasteiger charge is -2.40. The number of hydrogen-bond acceptors (Lipinski definition) is 8. The van der Waals surface area contributed by atoms with Crippen LogP contribution in [0.5, 0.6) is 0 Å². The van der Waals surface area contributed by atoms with Crippen LogP contribution in [0.2, 0.25) is 0 Å². The van der Waals surface area contributed by atoms with E-state index >= 15 is 0 Å². The van der Waals surface area contributed by atoms with Crippen LogP contribution in [0.4, 0.5) is 0 Å². The zero-order valence-corrected chi connectivity index (χ0v) is 48.5. The molecule has 1 amide bonds. The lowest BCUT2D eigenvalue weighted by Crippen LogP contribution is -2.60. The summed E-state index contributed by atoms with van der Waals surface area (Å²) < 4.78 is 11.3. The van der Waals surface area contributed by atoms with Crippen LogP contribution in [-0.4, -0.2) is 87.5 Å². The van der Waals surface area contributed by atoms with Gasteiger partial charge in [0.2, 0.25) is 5.91 Å². The monoisotopic (exact) mass is 1050 g/mol. The molecule has 0 aliphatic carbocycles. The first kappa shape index (κ1) is 70.6. The Morgan fingerprint density at radius 1 is 0.467 bits per heavy atom. The fraction of sp³-hybridized carbons (Fsp3) is 0.803. The highest BCUT2D eigenvalue weighted by Crippen LogP contribution is 2.23. The number of allylic oxidation sites excluding steroid dienone is 11. The molecule has 9 heteroatoms. The average molecular weight is 1050 g/mol. The van der Waals surface area contributed by atoms with Crippen molar-refractivity contribution < 1.29 is 39.8 Å². The number of carbonyl (C=O) groups is 1. The highest BCUT2D eigenvalue weighted by Gasteiger charge is 2.44. The van der Waals surface area contributed by atoms with Gasteiger partial charge in [0, 0.05) is 6.42 Å². The SMILES string of the molecule is CC/C=C\C/C=C\C/C=C\C/C=C\C/C=C\CCCCCCCCCCCCCCCCCCCCCCCC(=O)NC(COC1OC(CO)C(O)C(O)C1O)C(O)/C=C/CCCCCCCCCCCCCCC. The number of aliphatic hydroxyl groups excluding tert-OH is 5. The Morgan fingerprint density at radius 2 is 0.827 bits per heavy atom. The number of nitrogens with one attached hydrogen (secondary N) is 1. The number of hydrogen-bond donors (Lipinski definition) is 6. The van der Waals surface area contributed by atoms with Crippen molar-refractivity contribution in [1.82, 2.24) is 5.32 Å². The maximum Gasteiger partial charge on any atom is 0.220 e. The summed E-state index contributed by atoms with van der Waals surface area (Å²) in [6, 6.07) is -0.805. The van der Waals surface area contributed by atoms with Crippen molar-refractivity contribution in [1.29, 1.82) is 0 Å². The first-order valence-electron chi connectivity index (χ1n) is 31.7. The van der Waals surface area contributed by atoms with Gasteiger partial charge in [0.05, 0.1) is 25.4 Å². The van der Waals surface area contributed by atoms with Gasteiger partial charge in [0.25, 0.3) is 0 Å². The van der Waals surface area contributed by atoms with E-state index in [9.17, 15) is 30.3 Å². The van der Waals surface area contributed by atoms with Gasteiger partial charge in [-0.2, -0.15) is 0 Å². The first-order chi connectivity index (χ1) is 36.8. The Labute approximate surface area is 461 Å². The molecule has 1 heterocycles. The Hall–Kier alpha value is -2.37. The summed E-state index contributed by atoms with van der Waals surface area (Å²) in [6.07, 6.45) is 69.9. The van der Waals surface area contributed by atoms with Crippen LogP contribution in [-0.2, 0) is 14.3 Å². The molecule has 1 aliphatic heterocycles. The summed E-state index contributed by atoms with van der Waals surface area (Å²) in [5.41, 5.74) is 0. The molecule has 0 aromatic rings. The normalized spacial score (nSPS) is 19.4. The van der Waals surface area contributed by atoms with Gasteiger partial charge in [-0.3, -0.25) is 4.79 Å². The van der Waals surface area contributed by atoms with Crippen LogP contribution in [0.15, 0.2) is 72.9 Å². The predicted molar refractivity (Wildman–Crippen MR) is 318 cm³/mol. The maximum absolute atomic E-state index is 13.1. The largest absolute Gasteiger partial charge is 0.394 e. The minimum atomic E-state index is -1.57. The highest BCUT2D eigenvalue weighted by atomic mass is 16.7. The summed E-state index contributed by atoms with van der Waals surface area (Å²) in [4.78, 5) is 13.1. The average Bonchev–Trinajstić information content (AvgIpc) is 3.41. The summed E-state index contributed by atoms with van der Waals surface area (Å²) in [7, 11) is 0. The van der Waals surface area contributed by atoms with Gasteiger partial charge >= 0.3 is 0 Å². The second-order valence-corrected chi connectivity index (χ2v) is 21.8. The number of rotatable bonds is 54. The lowest BCUT2D eigenvalue weighted by molar-refractivity contribution is -0.302. The standard InChI is InChI=1S/C66H119NO8/c1-3-5-7-9-11-13-15-17-19-20-21-22-23-24-25-26-27-28-29-30-31-32-33-34-35-36-37-38-39-40-42-44-46-48-50-52-54-56-62(70)67-59(58-74-66-65(73)64(72)63(71)61(57-68)75-66)60(69)55-53-51-49-47-45-43-41-18-16-14-12-10-8-6-4-2/h5,7,11,13,17,19,21-22,24-25,53,55,59-61,63-66,68-69,71-73H,3-4,6,8-10,12,14-16,18,20,23,26-52,54,56-58H2,1-2H3,(H,67,70)/b7-5-,13-11-,19-17-,22-21-,25-24-,55-53+. The van der Waals surface area contributed by atoms with E-state index in [2.05, 4.69) is 79.9 Å². The van der Waals surface area contributed by atoms with E-state index in [0.717, 1.165) is 70.6 Å². The van der Waals surface area contributed by atoms with E-state index in [-0.39, 0.29) is 12.5 Å². The number of carbonyl (C=O) groups excluding carboxylic acids is 1. The Balaban J connectivity index is 2.08. The number of unbranched alkanes of at least 4 members (excludes halogenated alkanes) is 34. The van der Waals surface area contributed by atoms with E-state index in [1.54, 1.807) is 6.08 Å². The van der Waals surface area contributed by atoms with Crippen molar-refractivity contribution in [2.24, 2.45) is 0 Å². The zero-order valence-electron chi connectivity index (χ0n) is 48.5. The van der Waals surface area contributed by atoms with E-state index in [4.69, 9.17) is 9.47 Å². The van der Waals surface area contributed by atoms with Gasteiger partial charge in [0.1, 0.15) is 24.4 Å². The molecule has 0 radical (unpaired) electrons. The van der Waals surface area contributed by atoms with Crippen molar-refractivity contribution >= 4 is 5.91 Å². The summed E-state index contributed by atoms with van der Waals surface area (Å²) >= 11 is 0. The summed E-state index contributed by atoms with van der Waals surface area (Å²) in [5.74, 6) is -0.174. The molecule has 7 atom stereocenters. The van der Waals surface area contributed by atoms with Gasteiger partial charge in [-0.05, 0) is 64.2 Å².